The first-order chi connectivity index (χ1) is 9.87. The van der Waals surface area contributed by atoms with Crippen LogP contribution in [0.4, 0.5) is 13.2 Å². The van der Waals surface area contributed by atoms with Gasteiger partial charge in [-0.1, -0.05) is 6.07 Å². The first kappa shape index (κ1) is 16.6. The van der Waals surface area contributed by atoms with Gasteiger partial charge in [-0.05, 0) is 66.6 Å². The normalized spacial score (nSPS) is 18.0. The molecule has 1 aromatic rings. The molecular formula is C14H18BrF3N2O. The van der Waals surface area contributed by atoms with Crippen LogP contribution in [0.15, 0.2) is 22.7 Å². The summed E-state index contributed by atoms with van der Waals surface area (Å²) in [4.78, 5) is 2.31. The van der Waals surface area contributed by atoms with Crippen LogP contribution in [0.3, 0.4) is 0 Å². The summed E-state index contributed by atoms with van der Waals surface area (Å²) in [5.41, 5.74) is 0.972. The highest BCUT2D eigenvalue weighted by atomic mass is 79.9. The molecule has 0 bridgehead atoms. The van der Waals surface area contributed by atoms with Crippen molar-refractivity contribution in [3.8, 4) is 5.75 Å². The van der Waals surface area contributed by atoms with Gasteiger partial charge in [0.15, 0.2) is 0 Å². The maximum absolute atomic E-state index is 12.2. The quantitative estimate of drug-likeness (QED) is 0.881. The SMILES string of the molecule is CNC1CCN(Cc2ccc(OC(F)(F)F)c(Br)c2)CC1. The largest absolute Gasteiger partial charge is 0.573 e. The summed E-state index contributed by atoms with van der Waals surface area (Å²) in [5, 5.41) is 3.27. The molecule has 0 saturated carbocycles. The summed E-state index contributed by atoms with van der Waals surface area (Å²) in [7, 11) is 1.97. The minimum Gasteiger partial charge on any atom is -0.405 e. The van der Waals surface area contributed by atoms with Gasteiger partial charge in [-0.3, -0.25) is 4.90 Å². The molecule has 1 saturated heterocycles. The highest BCUT2D eigenvalue weighted by molar-refractivity contribution is 9.10. The Morgan fingerprint density at radius 2 is 2.00 bits per heavy atom. The van der Waals surface area contributed by atoms with Crippen molar-refractivity contribution in [3.05, 3.63) is 28.2 Å². The summed E-state index contributed by atoms with van der Waals surface area (Å²) in [6.45, 7) is 2.72. The molecule has 3 nitrogen and oxygen atoms in total. The molecule has 1 aliphatic rings. The number of hydrogen-bond acceptors (Lipinski definition) is 3. The van der Waals surface area contributed by atoms with Gasteiger partial charge < -0.3 is 10.1 Å². The number of hydrogen-bond donors (Lipinski definition) is 1. The van der Waals surface area contributed by atoms with Crippen LogP contribution in [0.5, 0.6) is 5.75 Å². The number of rotatable bonds is 4. The van der Waals surface area contributed by atoms with Crippen molar-refractivity contribution in [2.24, 2.45) is 0 Å². The summed E-state index contributed by atoms with van der Waals surface area (Å²) in [6, 6.07) is 5.28. The molecule has 7 heteroatoms. The Bertz CT molecular complexity index is 474. The Morgan fingerprint density at radius 3 is 2.52 bits per heavy atom. The van der Waals surface area contributed by atoms with Crippen LogP contribution in [0.25, 0.3) is 0 Å². The van der Waals surface area contributed by atoms with Gasteiger partial charge in [0.2, 0.25) is 0 Å². The lowest BCUT2D eigenvalue weighted by Crippen LogP contribution is -2.40. The molecule has 0 aromatic heterocycles. The Morgan fingerprint density at radius 1 is 1.33 bits per heavy atom. The number of nitrogens with one attached hydrogen (secondary N) is 1. The zero-order chi connectivity index (χ0) is 15.5. The number of piperidine rings is 1. The fourth-order valence-electron chi connectivity index (χ4n) is 2.49. The van der Waals surface area contributed by atoms with Crippen molar-refractivity contribution < 1.29 is 17.9 Å². The van der Waals surface area contributed by atoms with Gasteiger partial charge in [-0.2, -0.15) is 0 Å². The van der Waals surface area contributed by atoms with Crippen LogP contribution in [0.2, 0.25) is 0 Å². The first-order valence-electron chi connectivity index (χ1n) is 6.81. The minimum absolute atomic E-state index is 0.208. The van der Waals surface area contributed by atoms with E-state index >= 15 is 0 Å². The van der Waals surface area contributed by atoms with E-state index in [1.165, 1.54) is 6.07 Å². The molecule has 1 aromatic carbocycles. The minimum atomic E-state index is -4.67. The van der Waals surface area contributed by atoms with E-state index < -0.39 is 6.36 Å². The molecule has 0 radical (unpaired) electrons. The highest BCUT2D eigenvalue weighted by Crippen LogP contribution is 2.31. The Kier molecular flexibility index (Phi) is 5.51. The lowest BCUT2D eigenvalue weighted by Gasteiger charge is -2.31. The molecule has 0 amide bonds. The summed E-state index contributed by atoms with van der Waals surface area (Å²) in [5.74, 6) is -0.208. The molecule has 21 heavy (non-hydrogen) atoms. The Hall–Kier alpha value is -0.790. The third-order valence-corrected chi connectivity index (χ3v) is 4.24. The second kappa shape index (κ2) is 6.98. The van der Waals surface area contributed by atoms with E-state index in [1.54, 1.807) is 12.1 Å². The van der Waals surface area contributed by atoms with Gasteiger partial charge >= 0.3 is 6.36 Å². The van der Waals surface area contributed by atoms with E-state index in [0.717, 1.165) is 38.0 Å². The molecule has 1 fully saturated rings. The molecule has 1 heterocycles. The van der Waals surface area contributed by atoms with Gasteiger partial charge in [-0.25, -0.2) is 0 Å². The van der Waals surface area contributed by atoms with Gasteiger partial charge in [0.1, 0.15) is 5.75 Å². The maximum atomic E-state index is 12.2. The molecule has 118 valence electrons. The number of likely N-dealkylation sites (tertiary alicyclic amines) is 1. The highest BCUT2D eigenvalue weighted by Gasteiger charge is 2.32. The monoisotopic (exact) mass is 366 g/mol. The van der Waals surface area contributed by atoms with Gasteiger partial charge in [0, 0.05) is 12.6 Å². The van der Waals surface area contributed by atoms with Crippen molar-refractivity contribution in [3.63, 3.8) is 0 Å². The summed E-state index contributed by atoms with van der Waals surface area (Å²) < 4.78 is 40.9. The van der Waals surface area contributed by atoms with Gasteiger partial charge in [0.25, 0.3) is 0 Å². The first-order valence-corrected chi connectivity index (χ1v) is 7.60. The summed E-state index contributed by atoms with van der Waals surface area (Å²) >= 11 is 3.13. The maximum Gasteiger partial charge on any atom is 0.573 e. The third kappa shape index (κ3) is 5.16. The molecule has 0 atom stereocenters. The number of halogens is 4. The zero-order valence-electron chi connectivity index (χ0n) is 11.7. The van der Waals surface area contributed by atoms with Crippen molar-refractivity contribution in [1.29, 1.82) is 0 Å². The van der Waals surface area contributed by atoms with E-state index in [0.29, 0.717) is 10.5 Å². The molecule has 0 unspecified atom stereocenters. The van der Waals surface area contributed by atoms with Crippen LogP contribution in [0.1, 0.15) is 18.4 Å². The zero-order valence-corrected chi connectivity index (χ0v) is 13.3. The fourth-order valence-corrected chi connectivity index (χ4v) is 3.00. The van der Waals surface area contributed by atoms with Gasteiger partial charge in [0.05, 0.1) is 4.47 Å². The number of ether oxygens (including phenoxy) is 1. The van der Waals surface area contributed by atoms with Crippen LogP contribution >= 0.6 is 15.9 Å². The molecule has 1 aliphatic heterocycles. The van der Waals surface area contributed by atoms with Crippen LogP contribution in [0, 0.1) is 0 Å². The van der Waals surface area contributed by atoms with E-state index in [2.05, 4.69) is 30.9 Å². The van der Waals surface area contributed by atoms with Crippen LogP contribution in [-0.4, -0.2) is 37.4 Å². The van der Waals surface area contributed by atoms with Crippen molar-refractivity contribution in [2.75, 3.05) is 20.1 Å². The average molecular weight is 367 g/mol. The molecule has 2 rings (SSSR count). The predicted octanol–water partition coefficient (Wildman–Crippen LogP) is 3.53. The summed E-state index contributed by atoms with van der Waals surface area (Å²) in [6.07, 6.45) is -2.49. The van der Waals surface area contributed by atoms with E-state index in [9.17, 15) is 13.2 Å². The van der Waals surface area contributed by atoms with E-state index in [1.807, 2.05) is 7.05 Å². The second-order valence-electron chi connectivity index (χ2n) is 5.15. The Labute approximate surface area is 130 Å². The third-order valence-electron chi connectivity index (χ3n) is 3.62. The standard InChI is InChI=1S/C14H18BrF3N2O/c1-19-11-4-6-20(7-5-11)9-10-2-3-13(12(15)8-10)21-14(16,17)18/h2-3,8,11,19H,4-7,9H2,1H3. The molecule has 0 aliphatic carbocycles. The van der Waals surface area contributed by atoms with Crippen LogP contribution < -0.4 is 10.1 Å². The van der Waals surface area contributed by atoms with Crippen molar-refractivity contribution in [1.82, 2.24) is 10.2 Å². The van der Waals surface area contributed by atoms with Gasteiger partial charge in [-0.15, -0.1) is 13.2 Å². The molecule has 0 spiro atoms. The lowest BCUT2D eigenvalue weighted by molar-refractivity contribution is -0.274. The molecular weight excluding hydrogens is 349 g/mol. The topological polar surface area (TPSA) is 24.5 Å². The fraction of sp³-hybridized carbons (Fsp3) is 0.571. The van der Waals surface area contributed by atoms with E-state index in [4.69, 9.17) is 0 Å². The molecule has 1 N–H and O–H groups in total. The van der Waals surface area contributed by atoms with Crippen LogP contribution in [-0.2, 0) is 6.54 Å². The number of alkyl halides is 3. The second-order valence-corrected chi connectivity index (χ2v) is 6.01. The van der Waals surface area contributed by atoms with Crippen molar-refractivity contribution >= 4 is 15.9 Å². The lowest BCUT2D eigenvalue weighted by atomic mass is 10.0. The average Bonchev–Trinajstić information content (AvgIpc) is 2.41. The van der Waals surface area contributed by atoms with E-state index in [-0.39, 0.29) is 5.75 Å². The number of nitrogens with zero attached hydrogens (tertiary/aromatic N) is 1. The van der Waals surface area contributed by atoms with Crippen molar-refractivity contribution in [2.45, 2.75) is 31.8 Å². The predicted molar refractivity (Wildman–Crippen MR) is 78.2 cm³/mol. The Balaban J connectivity index is 1.94. The smallest absolute Gasteiger partial charge is 0.405 e. The number of benzene rings is 1.